The Balaban J connectivity index is 1.67. The SMILES string of the molecule is CCC1OCCC1C(=O)NC1C2CCC(C2)C1C(=O)O. The standard InChI is InChI=1S/C15H23NO4/c1-2-11-10(5-6-20-11)14(17)16-13-9-4-3-8(7-9)12(13)15(18)19/h8-13H,2-7H2,1H3,(H,16,17)(H,18,19). The van der Waals surface area contributed by atoms with E-state index in [0.29, 0.717) is 12.5 Å². The molecule has 1 aliphatic heterocycles. The smallest absolute Gasteiger partial charge is 0.308 e. The van der Waals surface area contributed by atoms with E-state index in [1.807, 2.05) is 6.92 Å². The van der Waals surface area contributed by atoms with E-state index >= 15 is 0 Å². The average Bonchev–Trinajstić information content (AvgIpc) is 3.12. The zero-order valence-electron chi connectivity index (χ0n) is 11.9. The summed E-state index contributed by atoms with van der Waals surface area (Å²) < 4.78 is 5.56. The number of carbonyl (C=O) groups is 2. The highest BCUT2D eigenvalue weighted by Crippen LogP contribution is 2.48. The molecule has 0 aromatic rings. The van der Waals surface area contributed by atoms with Gasteiger partial charge in [-0.1, -0.05) is 6.92 Å². The molecule has 3 rings (SSSR count). The highest BCUT2D eigenvalue weighted by molar-refractivity contribution is 5.81. The lowest BCUT2D eigenvalue weighted by Crippen LogP contribution is -2.49. The number of carbonyl (C=O) groups excluding carboxylic acids is 1. The second-order valence-corrected chi connectivity index (χ2v) is 6.44. The molecule has 6 atom stereocenters. The van der Waals surface area contributed by atoms with Crippen LogP contribution in [0.4, 0.5) is 0 Å². The number of fused-ring (bicyclic) bond motifs is 2. The number of aliphatic carboxylic acids is 1. The molecule has 0 radical (unpaired) electrons. The highest BCUT2D eigenvalue weighted by atomic mass is 16.5. The van der Waals surface area contributed by atoms with Crippen LogP contribution >= 0.6 is 0 Å². The van der Waals surface area contributed by atoms with Crippen LogP contribution in [0.5, 0.6) is 0 Å². The lowest BCUT2D eigenvalue weighted by Gasteiger charge is -2.30. The summed E-state index contributed by atoms with van der Waals surface area (Å²) >= 11 is 0. The Bertz CT molecular complexity index is 411. The van der Waals surface area contributed by atoms with E-state index in [0.717, 1.165) is 32.1 Å². The molecule has 1 saturated heterocycles. The Labute approximate surface area is 119 Å². The van der Waals surface area contributed by atoms with Crippen molar-refractivity contribution in [3.63, 3.8) is 0 Å². The molecule has 20 heavy (non-hydrogen) atoms. The van der Waals surface area contributed by atoms with E-state index in [9.17, 15) is 14.7 Å². The van der Waals surface area contributed by atoms with E-state index < -0.39 is 5.97 Å². The molecule has 0 spiro atoms. The molecule has 0 aromatic carbocycles. The Morgan fingerprint density at radius 2 is 2.00 bits per heavy atom. The summed E-state index contributed by atoms with van der Waals surface area (Å²) in [7, 11) is 0. The molecule has 0 aromatic heterocycles. The van der Waals surface area contributed by atoms with Crippen molar-refractivity contribution in [2.24, 2.45) is 23.7 Å². The fourth-order valence-electron chi connectivity index (χ4n) is 4.48. The van der Waals surface area contributed by atoms with Crippen LogP contribution in [-0.2, 0) is 14.3 Å². The van der Waals surface area contributed by atoms with Crippen LogP contribution in [0.2, 0.25) is 0 Å². The molecule has 112 valence electrons. The van der Waals surface area contributed by atoms with Gasteiger partial charge in [-0.25, -0.2) is 0 Å². The third-order valence-corrected chi connectivity index (χ3v) is 5.46. The molecule has 2 saturated carbocycles. The number of nitrogens with one attached hydrogen (secondary N) is 1. The van der Waals surface area contributed by atoms with Gasteiger partial charge >= 0.3 is 5.97 Å². The number of ether oxygens (including phenoxy) is 1. The van der Waals surface area contributed by atoms with Gasteiger partial charge in [0, 0.05) is 12.6 Å². The van der Waals surface area contributed by atoms with E-state index in [1.165, 1.54) is 0 Å². The minimum Gasteiger partial charge on any atom is -0.481 e. The average molecular weight is 281 g/mol. The van der Waals surface area contributed by atoms with Gasteiger partial charge in [-0.05, 0) is 43.9 Å². The van der Waals surface area contributed by atoms with Gasteiger partial charge in [0.25, 0.3) is 0 Å². The highest BCUT2D eigenvalue weighted by Gasteiger charge is 2.52. The molecule has 6 unspecified atom stereocenters. The number of carboxylic acids is 1. The van der Waals surface area contributed by atoms with Gasteiger partial charge in [0.05, 0.1) is 17.9 Å². The maximum Gasteiger partial charge on any atom is 0.308 e. The van der Waals surface area contributed by atoms with E-state index in [4.69, 9.17) is 4.74 Å². The maximum absolute atomic E-state index is 12.4. The quantitative estimate of drug-likeness (QED) is 0.817. The van der Waals surface area contributed by atoms with Crippen molar-refractivity contribution in [1.82, 2.24) is 5.32 Å². The van der Waals surface area contributed by atoms with Gasteiger partial charge < -0.3 is 15.2 Å². The van der Waals surface area contributed by atoms with Gasteiger partial charge in [-0.15, -0.1) is 0 Å². The normalized spacial score (nSPS) is 42.9. The summed E-state index contributed by atoms with van der Waals surface area (Å²) in [6, 6.07) is -0.170. The van der Waals surface area contributed by atoms with Crippen molar-refractivity contribution >= 4 is 11.9 Å². The number of amides is 1. The molecule has 2 bridgehead atoms. The van der Waals surface area contributed by atoms with Crippen molar-refractivity contribution in [3.05, 3.63) is 0 Å². The Hall–Kier alpha value is -1.10. The van der Waals surface area contributed by atoms with Gasteiger partial charge in [0.15, 0.2) is 0 Å². The van der Waals surface area contributed by atoms with Crippen LogP contribution in [0.25, 0.3) is 0 Å². The topological polar surface area (TPSA) is 75.6 Å². The molecular weight excluding hydrogens is 258 g/mol. The summed E-state index contributed by atoms with van der Waals surface area (Å²) in [4.78, 5) is 23.9. The maximum atomic E-state index is 12.4. The van der Waals surface area contributed by atoms with E-state index in [2.05, 4.69) is 5.32 Å². The first kappa shape index (κ1) is 13.9. The van der Waals surface area contributed by atoms with E-state index in [-0.39, 0.29) is 35.8 Å². The van der Waals surface area contributed by atoms with Crippen LogP contribution in [0.3, 0.4) is 0 Å². The third-order valence-electron chi connectivity index (χ3n) is 5.46. The monoisotopic (exact) mass is 281 g/mol. The molecule has 5 heteroatoms. The number of hydrogen-bond acceptors (Lipinski definition) is 3. The van der Waals surface area contributed by atoms with Gasteiger partial charge in [-0.3, -0.25) is 9.59 Å². The molecule has 5 nitrogen and oxygen atoms in total. The van der Waals surface area contributed by atoms with Crippen LogP contribution in [-0.4, -0.2) is 35.7 Å². The fourth-order valence-corrected chi connectivity index (χ4v) is 4.48. The van der Waals surface area contributed by atoms with Gasteiger partial charge in [0.1, 0.15) is 0 Å². The van der Waals surface area contributed by atoms with Gasteiger partial charge in [0.2, 0.25) is 5.91 Å². The van der Waals surface area contributed by atoms with Crippen molar-refractivity contribution < 1.29 is 19.4 Å². The zero-order valence-corrected chi connectivity index (χ0v) is 11.9. The molecule has 2 aliphatic carbocycles. The minimum atomic E-state index is -0.753. The van der Waals surface area contributed by atoms with Crippen molar-refractivity contribution in [2.75, 3.05) is 6.61 Å². The van der Waals surface area contributed by atoms with Crippen LogP contribution in [0, 0.1) is 23.7 Å². The first-order valence-corrected chi connectivity index (χ1v) is 7.76. The number of carboxylic acid groups (broad SMARTS) is 1. The van der Waals surface area contributed by atoms with Crippen molar-refractivity contribution in [3.8, 4) is 0 Å². The second-order valence-electron chi connectivity index (χ2n) is 6.44. The zero-order chi connectivity index (χ0) is 14.3. The summed E-state index contributed by atoms with van der Waals surface area (Å²) in [5, 5.41) is 12.5. The largest absolute Gasteiger partial charge is 0.481 e. The first-order chi connectivity index (χ1) is 9.61. The molecule has 2 N–H and O–H groups in total. The lowest BCUT2D eigenvalue weighted by atomic mass is 9.84. The Morgan fingerprint density at radius 1 is 1.25 bits per heavy atom. The molecule has 3 fully saturated rings. The molecule has 1 heterocycles. The summed E-state index contributed by atoms with van der Waals surface area (Å²) in [5.74, 6) is -0.638. The molecular formula is C15H23NO4. The number of hydrogen-bond donors (Lipinski definition) is 2. The van der Waals surface area contributed by atoms with Crippen LogP contribution in [0.15, 0.2) is 0 Å². The summed E-state index contributed by atoms with van der Waals surface area (Å²) in [6.07, 6.45) is 4.59. The number of rotatable bonds is 4. The summed E-state index contributed by atoms with van der Waals surface area (Å²) in [6.45, 7) is 2.66. The lowest BCUT2D eigenvalue weighted by molar-refractivity contribution is -0.145. The van der Waals surface area contributed by atoms with Crippen molar-refractivity contribution in [1.29, 1.82) is 0 Å². The summed E-state index contributed by atoms with van der Waals surface area (Å²) in [5.41, 5.74) is 0. The van der Waals surface area contributed by atoms with Crippen LogP contribution in [0.1, 0.15) is 39.0 Å². The molecule has 1 amide bonds. The van der Waals surface area contributed by atoms with E-state index in [1.54, 1.807) is 0 Å². The Kier molecular flexibility index (Phi) is 3.71. The van der Waals surface area contributed by atoms with Crippen LogP contribution < -0.4 is 5.32 Å². The second kappa shape index (κ2) is 5.35. The van der Waals surface area contributed by atoms with Crippen molar-refractivity contribution in [2.45, 2.75) is 51.2 Å². The first-order valence-electron chi connectivity index (χ1n) is 7.76. The fraction of sp³-hybridized carbons (Fsp3) is 0.867. The Morgan fingerprint density at radius 3 is 2.70 bits per heavy atom. The minimum absolute atomic E-state index is 0.00171. The predicted octanol–water partition coefficient (Wildman–Crippen LogP) is 1.42. The molecule has 3 aliphatic rings. The predicted molar refractivity (Wildman–Crippen MR) is 72.0 cm³/mol. The third kappa shape index (κ3) is 2.22. The van der Waals surface area contributed by atoms with Gasteiger partial charge in [-0.2, -0.15) is 0 Å².